The quantitative estimate of drug-likeness (QED) is 0.344. The van der Waals surface area contributed by atoms with Crippen LogP contribution in [0.4, 0.5) is 11.4 Å². The highest BCUT2D eigenvalue weighted by molar-refractivity contribution is 7.87. The van der Waals surface area contributed by atoms with E-state index in [0.29, 0.717) is 0 Å². The highest BCUT2D eigenvalue weighted by atomic mass is 32.2. The van der Waals surface area contributed by atoms with E-state index in [-0.39, 0.29) is 17.1 Å². The second-order valence-corrected chi connectivity index (χ2v) is 6.32. The standard InChI is InChI=1S/C15H14N2O8S/c1-7(11-13(19)12(8(2)18)15(21)25-14(11)20)16-9-3-5-10(6-4-9)17-26(22,23)24/h3-6,17,19,21H,1-2H3,(H,22,23,24). The molecule has 4 N–H and O–H groups in total. The summed E-state index contributed by atoms with van der Waals surface area (Å²) in [6.45, 7) is 2.45. The van der Waals surface area contributed by atoms with Crippen molar-refractivity contribution < 1.29 is 32.4 Å². The monoisotopic (exact) mass is 382 g/mol. The number of rotatable bonds is 5. The summed E-state index contributed by atoms with van der Waals surface area (Å²) in [7, 11) is -4.41. The third kappa shape index (κ3) is 4.26. The third-order valence-electron chi connectivity index (χ3n) is 3.21. The molecule has 0 saturated carbocycles. The van der Waals surface area contributed by atoms with E-state index < -0.39 is 44.5 Å². The van der Waals surface area contributed by atoms with Crippen LogP contribution in [0.1, 0.15) is 29.8 Å². The zero-order valence-electron chi connectivity index (χ0n) is 13.5. The molecule has 0 bridgehead atoms. The molecule has 2 aromatic rings. The van der Waals surface area contributed by atoms with Crippen molar-refractivity contribution >= 4 is 33.2 Å². The minimum Gasteiger partial charge on any atom is -0.506 e. The van der Waals surface area contributed by atoms with Crippen molar-refractivity contribution in [3.63, 3.8) is 0 Å². The molecule has 2 rings (SSSR count). The Labute approximate surface area is 147 Å². The van der Waals surface area contributed by atoms with Gasteiger partial charge in [-0.25, -0.2) is 4.79 Å². The molecule has 11 heteroatoms. The number of anilines is 1. The topological polar surface area (TPSA) is 166 Å². The third-order valence-corrected chi connectivity index (χ3v) is 3.70. The van der Waals surface area contributed by atoms with Gasteiger partial charge in [0.15, 0.2) is 5.78 Å². The van der Waals surface area contributed by atoms with Gasteiger partial charge in [-0.3, -0.25) is 19.1 Å². The Bertz CT molecular complexity index is 1050. The van der Waals surface area contributed by atoms with Crippen LogP contribution in [0, 0.1) is 0 Å². The van der Waals surface area contributed by atoms with Gasteiger partial charge in [0, 0.05) is 0 Å². The van der Waals surface area contributed by atoms with Crippen molar-refractivity contribution in [1.29, 1.82) is 0 Å². The largest absolute Gasteiger partial charge is 0.506 e. The fourth-order valence-electron chi connectivity index (χ4n) is 2.15. The van der Waals surface area contributed by atoms with Crippen LogP contribution in [0.2, 0.25) is 0 Å². The molecule has 0 spiro atoms. The lowest BCUT2D eigenvalue weighted by molar-refractivity contribution is 0.100. The number of carbonyl (C=O) groups is 1. The van der Waals surface area contributed by atoms with Crippen LogP contribution < -0.4 is 10.3 Å². The summed E-state index contributed by atoms with van der Waals surface area (Å²) >= 11 is 0. The van der Waals surface area contributed by atoms with Crippen molar-refractivity contribution in [2.75, 3.05) is 4.72 Å². The van der Waals surface area contributed by atoms with E-state index in [1.165, 1.54) is 31.2 Å². The molecular weight excluding hydrogens is 368 g/mol. The molecule has 1 aromatic heterocycles. The molecule has 0 atom stereocenters. The van der Waals surface area contributed by atoms with Gasteiger partial charge >= 0.3 is 15.9 Å². The average molecular weight is 382 g/mol. The van der Waals surface area contributed by atoms with Crippen molar-refractivity contribution in [3.8, 4) is 11.7 Å². The lowest BCUT2D eigenvalue weighted by Gasteiger charge is -2.08. The second-order valence-electron chi connectivity index (χ2n) is 5.17. The average Bonchev–Trinajstić information content (AvgIpc) is 2.46. The molecule has 26 heavy (non-hydrogen) atoms. The van der Waals surface area contributed by atoms with Crippen molar-refractivity contribution in [3.05, 3.63) is 45.8 Å². The number of aromatic hydroxyl groups is 2. The number of aliphatic imine (C=N–C) groups is 1. The number of Topliss-reactive ketones (excluding diaryl/α,β-unsaturated/α-hetero) is 1. The maximum atomic E-state index is 11.9. The van der Waals surface area contributed by atoms with E-state index >= 15 is 0 Å². The Balaban J connectivity index is 2.46. The van der Waals surface area contributed by atoms with Gasteiger partial charge in [-0.05, 0) is 38.1 Å². The molecule has 1 aromatic carbocycles. The molecule has 0 fully saturated rings. The highest BCUT2D eigenvalue weighted by Crippen LogP contribution is 2.29. The van der Waals surface area contributed by atoms with Crippen molar-refractivity contribution in [2.24, 2.45) is 4.99 Å². The van der Waals surface area contributed by atoms with Crippen LogP contribution >= 0.6 is 0 Å². The molecule has 0 radical (unpaired) electrons. The van der Waals surface area contributed by atoms with Gasteiger partial charge < -0.3 is 14.6 Å². The van der Waals surface area contributed by atoms with Gasteiger partial charge in [-0.15, -0.1) is 0 Å². The van der Waals surface area contributed by atoms with Crippen LogP contribution in [0.5, 0.6) is 11.7 Å². The van der Waals surface area contributed by atoms with E-state index in [0.717, 1.165) is 6.92 Å². The first kappa shape index (κ1) is 19.1. The van der Waals surface area contributed by atoms with E-state index in [9.17, 15) is 28.2 Å². The van der Waals surface area contributed by atoms with Crippen LogP contribution in [-0.4, -0.2) is 34.7 Å². The zero-order valence-corrected chi connectivity index (χ0v) is 14.4. The molecule has 10 nitrogen and oxygen atoms in total. The van der Waals surface area contributed by atoms with E-state index in [4.69, 9.17) is 4.55 Å². The highest BCUT2D eigenvalue weighted by Gasteiger charge is 2.23. The summed E-state index contributed by atoms with van der Waals surface area (Å²) in [5.74, 6) is -2.45. The number of carbonyl (C=O) groups excluding carboxylic acids is 1. The molecule has 0 aliphatic carbocycles. The lowest BCUT2D eigenvalue weighted by atomic mass is 10.1. The summed E-state index contributed by atoms with van der Waals surface area (Å²) < 4.78 is 36.6. The maximum absolute atomic E-state index is 11.9. The number of hydrogen-bond acceptors (Lipinski definition) is 8. The minimum absolute atomic E-state index is 0.00533. The number of nitrogens with one attached hydrogen (secondary N) is 1. The summed E-state index contributed by atoms with van der Waals surface area (Å²) in [4.78, 5) is 27.5. The second kappa shape index (κ2) is 6.98. The van der Waals surface area contributed by atoms with Crippen LogP contribution in [0.25, 0.3) is 0 Å². The van der Waals surface area contributed by atoms with Gasteiger partial charge in [-0.2, -0.15) is 8.42 Å². The Kier molecular flexibility index (Phi) is 5.14. The first-order chi connectivity index (χ1) is 12.0. The SMILES string of the molecule is CC(=O)c1c(O)oc(=O)c(C(C)=Nc2ccc(NS(=O)(=O)O)cc2)c1O. The molecule has 138 valence electrons. The molecule has 0 aliphatic heterocycles. The molecular formula is C15H14N2O8S. The van der Waals surface area contributed by atoms with Crippen LogP contribution in [-0.2, 0) is 10.3 Å². The fourth-order valence-corrected chi connectivity index (χ4v) is 2.59. The number of nitrogens with zero attached hydrogens (tertiary/aromatic N) is 1. The fraction of sp³-hybridized carbons (Fsp3) is 0.133. The summed E-state index contributed by atoms with van der Waals surface area (Å²) in [6, 6.07) is 5.37. The van der Waals surface area contributed by atoms with Gasteiger partial charge in [-0.1, -0.05) is 0 Å². The van der Waals surface area contributed by atoms with Crippen molar-refractivity contribution in [2.45, 2.75) is 13.8 Å². The summed E-state index contributed by atoms with van der Waals surface area (Å²) in [6.07, 6.45) is 0. The first-order valence-corrected chi connectivity index (χ1v) is 8.44. The number of benzene rings is 1. The minimum atomic E-state index is -4.41. The smallest absolute Gasteiger partial charge is 0.357 e. The Morgan fingerprint density at radius 2 is 1.69 bits per heavy atom. The predicted molar refractivity (Wildman–Crippen MR) is 91.8 cm³/mol. The van der Waals surface area contributed by atoms with Crippen LogP contribution in [0.15, 0.2) is 38.5 Å². The number of hydrogen-bond donors (Lipinski definition) is 4. The molecule has 1 heterocycles. The van der Waals surface area contributed by atoms with Crippen LogP contribution in [0.3, 0.4) is 0 Å². The Morgan fingerprint density at radius 3 is 2.19 bits per heavy atom. The first-order valence-electron chi connectivity index (χ1n) is 7.00. The normalized spacial score (nSPS) is 12.0. The summed E-state index contributed by atoms with van der Waals surface area (Å²) in [5.41, 5.74) is -1.67. The van der Waals surface area contributed by atoms with E-state index in [1.54, 1.807) is 0 Å². The van der Waals surface area contributed by atoms with Crippen molar-refractivity contribution in [1.82, 2.24) is 0 Å². The Morgan fingerprint density at radius 1 is 1.12 bits per heavy atom. The molecule has 0 aliphatic rings. The van der Waals surface area contributed by atoms with E-state index in [2.05, 4.69) is 9.41 Å². The predicted octanol–water partition coefficient (Wildman–Crippen LogP) is 1.61. The molecule has 0 unspecified atom stereocenters. The lowest BCUT2D eigenvalue weighted by Crippen LogP contribution is -2.15. The summed E-state index contributed by atoms with van der Waals surface area (Å²) in [5, 5.41) is 19.6. The van der Waals surface area contributed by atoms with Gasteiger partial charge in [0.05, 0.1) is 17.1 Å². The van der Waals surface area contributed by atoms with E-state index in [1.807, 2.05) is 4.72 Å². The van der Waals surface area contributed by atoms with Gasteiger partial charge in [0.25, 0.3) is 5.95 Å². The Hall–Kier alpha value is -3.18. The van der Waals surface area contributed by atoms with Gasteiger partial charge in [0.1, 0.15) is 16.9 Å². The van der Waals surface area contributed by atoms with Gasteiger partial charge in [0.2, 0.25) is 0 Å². The number of ketones is 1. The molecule has 0 saturated heterocycles. The maximum Gasteiger partial charge on any atom is 0.357 e. The zero-order chi connectivity index (χ0) is 19.6. The molecule has 0 amide bonds.